The minimum atomic E-state index is -0.184. The first-order chi connectivity index (χ1) is 16.5. The van der Waals surface area contributed by atoms with Crippen molar-refractivity contribution < 1.29 is 23.9 Å². The number of nitrogens with one attached hydrogen (secondary N) is 1. The Morgan fingerprint density at radius 3 is 2.44 bits per heavy atom. The van der Waals surface area contributed by atoms with Crippen LogP contribution in [0.1, 0.15) is 40.4 Å². The quantitative estimate of drug-likeness (QED) is 0.600. The molecule has 0 radical (unpaired) electrons. The number of amides is 2. The van der Waals surface area contributed by atoms with Crippen LogP contribution in [0.25, 0.3) is 0 Å². The van der Waals surface area contributed by atoms with Crippen LogP contribution in [0, 0.1) is 0 Å². The van der Waals surface area contributed by atoms with Gasteiger partial charge in [-0.15, -0.1) is 0 Å². The predicted octanol–water partition coefficient (Wildman–Crippen LogP) is 2.39. The van der Waals surface area contributed by atoms with Crippen LogP contribution in [0.3, 0.4) is 0 Å². The topological polar surface area (TPSA) is 88.2 Å². The van der Waals surface area contributed by atoms with Crippen molar-refractivity contribution >= 4 is 18.1 Å². The molecule has 0 spiro atoms. The fraction of sp³-hybridized carbons (Fsp3) is 0.423. The molecule has 0 unspecified atom stereocenters. The first-order valence-corrected chi connectivity index (χ1v) is 11.6. The lowest BCUT2D eigenvalue weighted by Crippen LogP contribution is -2.35. The van der Waals surface area contributed by atoms with Gasteiger partial charge in [-0.3, -0.25) is 14.5 Å². The average molecular weight is 468 g/mol. The lowest BCUT2D eigenvalue weighted by Gasteiger charge is -2.26. The van der Waals surface area contributed by atoms with Gasteiger partial charge < -0.3 is 24.5 Å². The van der Waals surface area contributed by atoms with Crippen LogP contribution in [-0.4, -0.2) is 67.8 Å². The summed E-state index contributed by atoms with van der Waals surface area (Å²) in [6.07, 6.45) is 1.51. The van der Waals surface area contributed by atoms with Gasteiger partial charge in [0.15, 0.2) is 0 Å². The van der Waals surface area contributed by atoms with Crippen molar-refractivity contribution in [3.8, 4) is 5.75 Å². The van der Waals surface area contributed by atoms with Gasteiger partial charge in [-0.2, -0.15) is 0 Å². The van der Waals surface area contributed by atoms with Crippen LogP contribution >= 0.6 is 0 Å². The Morgan fingerprint density at radius 1 is 1.12 bits per heavy atom. The van der Waals surface area contributed by atoms with Gasteiger partial charge in [0.05, 0.1) is 19.8 Å². The number of nitrogens with zero attached hydrogens (tertiary/aromatic N) is 2. The largest absolute Gasteiger partial charge is 0.489 e. The lowest BCUT2D eigenvalue weighted by atomic mass is 10.1. The molecule has 8 nitrogen and oxygen atoms in total. The molecule has 4 rings (SSSR count). The second-order valence-electron chi connectivity index (χ2n) is 8.19. The fourth-order valence-corrected chi connectivity index (χ4v) is 3.80. The van der Waals surface area contributed by atoms with Crippen LogP contribution in [0.2, 0.25) is 0 Å². The van der Waals surface area contributed by atoms with Crippen molar-refractivity contribution in [1.82, 2.24) is 15.1 Å². The van der Waals surface area contributed by atoms with Crippen molar-refractivity contribution in [1.29, 1.82) is 0 Å². The molecule has 2 aromatic rings. The van der Waals surface area contributed by atoms with Crippen molar-refractivity contribution in [3.63, 3.8) is 0 Å². The van der Waals surface area contributed by atoms with Gasteiger partial charge in [-0.1, -0.05) is 37.3 Å². The van der Waals surface area contributed by atoms with E-state index in [-0.39, 0.29) is 18.4 Å². The number of hydrogen-bond acceptors (Lipinski definition) is 6. The molecule has 2 aliphatic rings. The Bertz CT molecular complexity index is 971. The second-order valence-corrected chi connectivity index (χ2v) is 8.19. The molecule has 2 heterocycles. The number of morpholine rings is 1. The SMILES string of the molecule is CCC=O.CNC(=O)CN1Cc2c(OCc3ccc(CN4CCOCC4)cc3)cccc2C1=O. The standard InChI is InChI=1S/C23H27N3O4.C3H6O/c1-24-22(27)15-26-14-20-19(23(26)28)3-2-4-21(20)30-16-18-7-5-17(6-8-18)13-25-9-11-29-12-10-25;1-2-3-4/h2-8H,9-16H2,1H3,(H,24,27);3H,2H2,1H3. The number of fused-ring (bicyclic) bond motifs is 1. The maximum atomic E-state index is 12.6. The summed E-state index contributed by atoms with van der Waals surface area (Å²) in [4.78, 5) is 37.3. The molecule has 1 fully saturated rings. The highest BCUT2D eigenvalue weighted by atomic mass is 16.5. The molecule has 0 saturated carbocycles. The summed E-state index contributed by atoms with van der Waals surface area (Å²) in [5.41, 5.74) is 3.80. The van der Waals surface area contributed by atoms with Crippen molar-refractivity contribution in [2.24, 2.45) is 0 Å². The normalized spacial score (nSPS) is 15.2. The lowest BCUT2D eigenvalue weighted by molar-refractivity contribution is -0.121. The molecule has 2 aliphatic heterocycles. The zero-order valence-electron chi connectivity index (χ0n) is 19.9. The van der Waals surface area contributed by atoms with Crippen molar-refractivity contribution in [2.75, 3.05) is 39.9 Å². The van der Waals surface area contributed by atoms with E-state index in [2.05, 4.69) is 34.5 Å². The zero-order valence-corrected chi connectivity index (χ0v) is 19.9. The number of carbonyl (C=O) groups excluding carboxylic acids is 3. The maximum absolute atomic E-state index is 12.6. The second kappa shape index (κ2) is 12.9. The summed E-state index contributed by atoms with van der Waals surface area (Å²) >= 11 is 0. The van der Waals surface area contributed by atoms with Crippen LogP contribution in [0.4, 0.5) is 0 Å². The minimum Gasteiger partial charge on any atom is -0.489 e. The highest BCUT2D eigenvalue weighted by Gasteiger charge is 2.30. The third kappa shape index (κ3) is 6.88. The molecule has 0 atom stereocenters. The number of hydrogen-bond donors (Lipinski definition) is 1. The Kier molecular flexibility index (Phi) is 9.61. The van der Waals surface area contributed by atoms with Crippen molar-refractivity contribution in [3.05, 3.63) is 64.7 Å². The minimum absolute atomic E-state index is 0.0497. The molecular weight excluding hydrogens is 434 g/mol. The molecular formula is C26H33N3O5. The van der Waals surface area contributed by atoms with Crippen LogP contribution in [0.5, 0.6) is 5.75 Å². The smallest absolute Gasteiger partial charge is 0.255 e. The predicted molar refractivity (Wildman–Crippen MR) is 128 cm³/mol. The summed E-state index contributed by atoms with van der Waals surface area (Å²) < 4.78 is 11.4. The van der Waals surface area contributed by atoms with E-state index in [9.17, 15) is 14.4 Å². The zero-order chi connectivity index (χ0) is 24.3. The highest BCUT2D eigenvalue weighted by Crippen LogP contribution is 2.31. The van der Waals surface area contributed by atoms with E-state index in [1.807, 2.05) is 19.1 Å². The molecule has 2 amide bonds. The Balaban J connectivity index is 0.000000751. The average Bonchev–Trinajstić information content (AvgIpc) is 3.20. The molecule has 2 aromatic carbocycles. The van der Waals surface area contributed by atoms with Crippen molar-refractivity contribution in [2.45, 2.75) is 33.0 Å². The summed E-state index contributed by atoms with van der Waals surface area (Å²) in [7, 11) is 1.57. The Morgan fingerprint density at radius 2 is 1.79 bits per heavy atom. The third-order valence-corrected chi connectivity index (χ3v) is 5.71. The van der Waals surface area contributed by atoms with Crippen LogP contribution in [0.15, 0.2) is 42.5 Å². The number of ether oxygens (including phenoxy) is 2. The van der Waals surface area contributed by atoms with Crippen LogP contribution in [-0.2, 0) is 34.0 Å². The molecule has 1 saturated heterocycles. The fourth-order valence-electron chi connectivity index (χ4n) is 3.80. The summed E-state index contributed by atoms with van der Waals surface area (Å²) in [5.74, 6) is 0.375. The summed E-state index contributed by atoms with van der Waals surface area (Å²) in [6, 6.07) is 13.9. The Labute approximate surface area is 200 Å². The maximum Gasteiger partial charge on any atom is 0.255 e. The molecule has 0 bridgehead atoms. The van der Waals surface area contributed by atoms with E-state index in [1.165, 1.54) is 10.5 Å². The Hall–Kier alpha value is -3.23. The molecule has 34 heavy (non-hydrogen) atoms. The number of carbonyl (C=O) groups is 3. The van der Waals surface area contributed by atoms with Gasteiger partial charge in [0, 0.05) is 44.2 Å². The summed E-state index contributed by atoms with van der Waals surface area (Å²) in [5, 5.41) is 2.56. The molecule has 8 heteroatoms. The molecule has 1 N–H and O–H groups in total. The third-order valence-electron chi connectivity index (χ3n) is 5.71. The highest BCUT2D eigenvalue weighted by molar-refractivity contribution is 6.00. The van der Waals surface area contributed by atoms with E-state index < -0.39 is 0 Å². The van der Waals surface area contributed by atoms with Gasteiger partial charge in [-0.25, -0.2) is 0 Å². The number of likely N-dealkylation sites (N-methyl/N-ethyl adjacent to an activating group) is 1. The number of benzene rings is 2. The van der Waals surface area contributed by atoms with E-state index >= 15 is 0 Å². The van der Waals surface area contributed by atoms with E-state index in [4.69, 9.17) is 9.47 Å². The number of rotatable bonds is 8. The van der Waals surface area contributed by atoms with E-state index in [0.717, 1.165) is 50.3 Å². The molecule has 0 aromatic heterocycles. The number of aldehydes is 1. The van der Waals surface area contributed by atoms with E-state index in [1.54, 1.807) is 13.1 Å². The van der Waals surface area contributed by atoms with Crippen LogP contribution < -0.4 is 10.1 Å². The van der Waals surface area contributed by atoms with Gasteiger partial charge in [0.1, 0.15) is 25.2 Å². The van der Waals surface area contributed by atoms with Gasteiger partial charge >= 0.3 is 0 Å². The van der Waals surface area contributed by atoms with Gasteiger partial charge in [0.25, 0.3) is 5.91 Å². The summed E-state index contributed by atoms with van der Waals surface area (Å²) in [6.45, 7) is 7.15. The molecule has 0 aliphatic carbocycles. The van der Waals surface area contributed by atoms with Gasteiger partial charge in [-0.05, 0) is 23.3 Å². The van der Waals surface area contributed by atoms with Gasteiger partial charge in [0.2, 0.25) is 5.91 Å². The first-order valence-electron chi connectivity index (χ1n) is 11.6. The van der Waals surface area contributed by atoms with E-state index in [0.29, 0.717) is 30.9 Å². The first kappa shape index (κ1) is 25.4. The monoisotopic (exact) mass is 467 g/mol. The molecule has 182 valence electrons.